The number of aliphatic hydroxyl groups excluding tert-OH is 1. The van der Waals surface area contributed by atoms with Gasteiger partial charge in [0, 0.05) is 25.2 Å². The fraction of sp³-hybridized carbons (Fsp3) is 0.231. The molecule has 1 aromatic carbocycles. The quantitative estimate of drug-likeness (QED) is 0.852. The van der Waals surface area contributed by atoms with Crippen molar-refractivity contribution in [1.29, 1.82) is 0 Å². The van der Waals surface area contributed by atoms with Gasteiger partial charge in [-0.2, -0.15) is 0 Å². The molecule has 5 nitrogen and oxygen atoms in total. The Kier molecular flexibility index (Phi) is 3.43. The van der Waals surface area contributed by atoms with Gasteiger partial charge < -0.3 is 15.1 Å². The van der Waals surface area contributed by atoms with Crippen molar-refractivity contribution >= 4 is 22.6 Å². The Balaban J connectivity index is 2.58. The smallest absolute Gasteiger partial charge is 0.335 e. The molecular weight excluding hydrogens is 232 g/mol. The summed E-state index contributed by atoms with van der Waals surface area (Å²) < 4.78 is 0. The molecule has 5 heteroatoms. The highest BCUT2D eigenvalue weighted by Gasteiger charge is 2.10. The molecule has 0 aliphatic carbocycles. The number of carbonyl (C=O) groups is 1. The van der Waals surface area contributed by atoms with E-state index in [2.05, 4.69) is 4.98 Å². The van der Waals surface area contributed by atoms with Crippen LogP contribution in [0.4, 0.5) is 5.82 Å². The molecule has 0 saturated carbocycles. The molecule has 0 aliphatic rings. The fourth-order valence-electron chi connectivity index (χ4n) is 1.85. The summed E-state index contributed by atoms with van der Waals surface area (Å²) in [6.07, 6.45) is 1.67. The van der Waals surface area contributed by atoms with Crippen LogP contribution in [0.1, 0.15) is 10.4 Å². The minimum atomic E-state index is -0.962. The van der Waals surface area contributed by atoms with E-state index < -0.39 is 5.97 Å². The van der Waals surface area contributed by atoms with E-state index in [-0.39, 0.29) is 12.2 Å². The maximum atomic E-state index is 11.0. The van der Waals surface area contributed by atoms with Crippen LogP contribution in [0.2, 0.25) is 0 Å². The number of aliphatic hydroxyl groups is 1. The number of carboxylic acids is 1. The maximum absolute atomic E-state index is 11.0. The third-order valence-electron chi connectivity index (χ3n) is 2.79. The van der Waals surface area contributed by atoms with Gasteiger partial charge >= 0.3 is 5.97 Å². The first-order valence-corrected chi connectivity index (χ1v) is 5.57. The molecule has 0 fully saturated rings. The van der Waals surface area contributed by atoms with Crippen molar-refractivity contribution in [1.82, 2.24) is 4.98 Å². The third-order valence-corrected chi connectivity index (χ3v) is 2.79. The van der Waals surface area contributed by atoms with Crippen LogP contribution >= 0.6 is 0 Å². The summed E-state index contributed by atoms with van der Waals surface area (Å²) in [6.45, 7) is 0.469. The SMILES string of the molecule is CN(CCO)c1nccc2ccc(C(=O)O)cc12. The second-order valence-electron chi connectivity index (χ2n) is 4.02. The van der Waals surface area contributed by atoms with Gasteiger partial charge in [0.1, 0.15) is 5.82 Å². The standard InChI is InChI=1S/C13H14N2O3/c1-15(6-7-16)12-11-8-10(13(17)18)3-2-9(11)4-5-14-12/h2-5,8,16H,6-7H2,1H3,(H,17,18). The highest BCUT2D eigenvalue weighted by atomic mass is 16.4. The van der Waals surface area contributed by atoms with E-state index in [0.29, 0.717) is 12.4 Å². The molecule has 0 radical (unpaired) electrons. The summed E-state index contributed by atoms with van der Waals surface area (Å²) in [5.74, 6) is -0.291. The van der Waals surface area contributed by atoms with Crippen molar-refractivity contribution in [2.45, 2.75) is 0 Å². The second-order valence-corrected chi connectivity index (χ2v) is 4.02. The monoisotopic (exact) mass is 246 g/mol. The molecule has 94 valence electrons. The average molecular weight is 246 g/mol. The van der Waals surface area contributed by atoms with E-state index in [4.69, 9.17) is 10.2 Å². The molecular formula is C13H14N2O3. The summed E-state index contributed by atoms with van der Waals surface area (Å²) in [5.41, 5.74) is 0.231. The number of aromatic nitrogens is 1. The largest absolute Gasteiger partial charge is 0.478 e. The molecule has 0 bridgehead atoms. The molecule has 0 saturated heterocycles. The summed E-state index contributed by atoms with van der Waals surface area (Å²) in [5, 5.41) is 19.6. The lowest BCUT2D eigenvalue weighted by atomic mass is 10.1. The second kappa shape index (κ2) is 5.01. The number of anilines is 1. The van der Waals surface area contributed by atoms with Crippen molar-refractivity contribution < 1.29 is 15.0 Å². The molecule has 2 rings (SSSR count). The van der Waals surface area contributed by atoms with E-state index in [1.807, 2.05) is 13.1 Å². The number of aromatic carboxylic acids is 1. The van der Waals surface area contributed by atoms with E-state index in [1.165, 1.54) is 0 Å². The van der Waals surface area contributed by atoms with Crippen LogP contribution in [-0.4, -0.2) is 41.4 Å². The Hall–Kier alpha value is -2.14. The van der Waals surface area contributed by atoms with Gasteiger partial charge in [-0.15, -0.1) is 0 Å². The lowest BCUT2D eigenvalue weighted by Crippen LogP contribution is -2.22. The Morgan fingerprint density at radius 3 is 2.83 bits per heavy atom. The molecule has 0 unspecified atom stereocenters. The van der Waals surface area contributed by atoms with Crippen LogP contribution in [0.5, 0.6) is 0 Å². The average Bonchev–Trinajstić information content (AvgIpc) is 2.37. The van der Waals surface area contributed by atoms with Crippen LogP contribution in [0.15, 0.2) is 30.5 Å². The van der Waals surface area contributed by atoms with Gasteiger partial charge in [0.05, 0.1) is 12.2 Å². The number of nitrogens with zero attached hydrogens (tertiary/aromatic N) is 2. The maximum Gasteiger partial charge on any atom is 0.335 e. The summed E-state index contributed by atoms with van der Waals surface area (Å²) in [7, 11) is 1.81. The van der Waals surface area contributed by atoms with Crippen molar-refractivity contribution in [3.63, 3.8) is 0 Å². The first-order valence-electron chi connectivity index (χ1n) is 5.57. The van der Waals surface area contributed by atoms with Crippen LogP contribution in [0.25, 0.3) is 10.8 Å². The number of rotatable bonds is 4. The van der Waals surface area contributed by atoms with Crippen molar-refractivity contribution in [2.75, 3.05) is 25.1 Å². The normalized spacial score (nSPS) is 10.6. The van der Waals surface area contributed by atoms with Crippen molar-refractivity contribution in [3.05, 3.63) is 36.0 Å². The fourth-order valence-corrected chi connectivity index (χ4v) is 1.85. The molecule has 2 N–H and O–H groups in total. The molecule has 0 spiro atoms. The molecule has 1 heterocycles. The summed E-state index contributed by atoms with van der Waals surface area (Å²) in [4.78, 5) is 17.0. The highest BCUT2D eigenvalue weighted by molar-refractivity contribution is 5.98. The van der Waals surface area contributed by atoms with E-state index in [0.717, 1.165) is 10.8 Å². The molecule has 0 atom stereocenters. The first kappa shape index (κ1) is 12.3. The number of carboxylic acid groups (broad SMARTS) is 1. The molecule has 18 heavy (non-hydrogen) atoms. The number of hydrogen-bond acceptors (Lipinski definition) is 4. The number of likely N-dealkylation sites (N-methyl/N-ethyl adjacent to an activating group) is 1. The van der Waals surface area contributed by atoms with Gasteiger partial charge in [-0.1, -0.05) is 6.07 Å². The Bertz CT molecular complexity index is 583. The van der Waals surface area contributed by atoms with E-state index in [1.54, 1.807) is 29.3 Å². The Morgan fingerprint density at radius 1 is 1.39 bits per heavy atom. The van der Waals surface area contributed by atoms with E-state index in [9.17, 15) is 4.79 Å². The molecule has 2 aromatic rings. The van der Waals surface area contributed by atoms with Gasteiger partial charge in [-0.25, -0.2) is 9.78 Å². The van der Waals surface area contributed by atoms with Gasteiger partial charge in [0.25, 0.3) is 0 Å². The summed E-state index contributed by atoms with van der Waals surface area (Å²) >= 11 is 0. The Morgan fingerprint density at radius 2 is 2.17 bits per heavy atom. The van der Waals surface area contributed by atoms with Crippen LogP contribution in [-0.2, 0) is 0 Å². The van der Waals surface area contributed by atoms with Crippen molar-refractivity contribution in [2.24, 2.45) is 0 Å². The van der Waals surface area contributed by atoms with Crippen LogP contribution in [0, 0.1) is 0 Å². The van der Waals surface area contributed by atoms with Crippen LogP contribution in [0.3, 0.4) is 0 Å². The van der Waals surface area contributed by atoms with Crippen LogP contribution < -0.4 is 4.90 Å². The predicted octanol–water partition coefficient (Wildman–Crippen LogP) is 1.36. The minimum Gasteiger partial charge on any atom is -0.478 e. The summed E-state index contributed by atoms with van der Waals surface area (Å²) in [6, 6.07) is 6.77. The van der Waals surface area contributed by atoms with Gasteiger partial charge in [-0.3, -0.25) is 0 Å². The highest BCUT2D eigenvalue weighted by Crippen LogP contribution is 2.24. The first-order chi connectivity index (χ1) is 8.63. The molecule has 1 aromatic heterocycles. The van der Waals surface area contributed by atoms with Gasteiger partial charge in [-0.05, 0) is 23.6 Å². The number of benzene rings is 1. The Labute approximate surface area is 104 Å². The number of fused-ring (bicyclic) bond motifs is 1. The van der Waals surface area contributed by atoms with Gasteiger partial charge in [0.15, 0.2) is 0 Å². The van der Waals surface area contributed by atoms with E-state index >= 15 is 0 Å². The number of hydrogen-bond donors (Lipinski definition) is 2. The topological polar surface area (TPSA) is 73.7 Å². The van der Waals surface area contributed by atoms with Gasteiger partial charge in [0.2, 0.25) is 0 Å². The zero-order valence-electron chi connectivity index (χ0n) is 10.00. The number of pyridine rings is 1. The lowest BCUT2D eigenvalue weighted by Gasteiger charge is -2.18. The zero-order valence-corrected chi connectivity index (χ0v) is 10.00. The minimum absolute atomic E-state index is 0.0210. The van der Waals surface area contributed by atoms with Crippen molar-refractivity contribution in [3.8, 4) is 0 Å². The molecule has 0 amide bonds. The lowest BCUT2D eigenvalue weighted by molar-refractivity contribution is 0.0697. The predicted molar refractivity (Wildman–Crippen MR) is 69.1 cm³/mol. The molecule has 0 aliphatic heterocycles. The third kappa shape index (κ3) is 2.26. The zero-order chi connectivity index (χ0) is 13.1.